The minimum absolute atomic E-state index is 0.563. The fraction of sp³-hybridized carbons (Fsp3) is 0.400. The molecule has 13 nitrogen and oxygen atoms in total. The lowest BCUT2D eigenvalue weighted by atomic mass is 9.99. The summed E-state index contributed by atoms with van der Waals surface area (Å²) in [5, 5.41) is 61.8. The van der Waals surface area contributed by atoms with E-state index in [4.69, 9.17) is 23.7 Å². The molecule has 0 bridgehead atoms. The van der Waals surface area contributed by atoms with Crippen molar-refractivity contribution < 1.29 is 63.9 Å². The standard InChI is InChI=1S/C30H34O13/c31-15-20-24(35)26(37)27(38)29(40-20)43-30(17-32)28(41-23(34)14-12-19-9-5-2-6-10-19)25(36)21(42-30)16-39-22(33)13-11-18-7-3-1-4-8-18/h1-14,20-21,24-29,31-32,35-38H,15-17H2/b13-11+,14-12+/t20-,21-,24-,25-,26+,27-,28+,29-,30+/m1/s1. The number of esters is 2. The lowest BCUT2D eigenvalue weighted by molar-refractivity contribution is -0.383. The number of hydrogen-bond acceptors (Lipinski definition) is 13. The van der Waals surface area contributed by atoms with Gasteiger partial charge in [0.05, 0.1) is 6.61 Å². The molecule has 0 radical (unpaired) electrons. The van der Waals surface area contributed by atoms with Crippen molar-refractivity contribution in [3.63, 3.8) is 0 Å². The average molecular weight is 603 g/mol. The number of benzene rings is 2. The Morgan fingerprint density at radius 2 is 1.35 bits per heavy atom. The van der Waals surface area contributed by atoms with Crippen molar-refractivity contribution in [1.29, 1.82) is 0 Å². The molecular formula is C30H34O13. The van der Waals surface area contributed by atoms with Gasteiger partial charge in [0.2, 0.25) is 5.79 Å². The Bertz CT molecular complexity index is 1250. The number of ether oxygens (including phenoxy) is 5. The van der Waals surface area contributed by atoms with Crippen molar-refractivity contribution in [3.05, 3.63) is 83.9 Å². The van der Waals surface area contributed by atoms with E-state index in [2.05, 4.69) is 0 Å². The predicted molar refractivity (Wildman–Crippen MR) is 147 cm³/mol. The van der Waals surface area contributed by atoms with E-state index >= 15 is 0 Å². The summed E-state index contributed by atoms with van der Waals surface area (Å²) in [6.45, 7) is -2.40. The highest BCUT2D eigenvalue weighted by Gasteiger charge is 2.61. The van der Waals surface area contributed by atoms with Gasteiger partial charge >= 0.3 is 11.9 Å². The second kappa shape index (κ2) is 14.8. The van der Waals surface area contributed by atoms with E-state index in [-0.39, 0.29) is 0 Å². The minimum Gasteiger partial charge on any atom is -0.460 e. The van der Waals surface area contributed by atoms with Gasteiger partial charge in [0.15, 0.2) is 12.4 Å². The van der Waals surface area contributed by atoms with Crippen LogP contribution in [0.3, 0.4) is 0 Å². The number of rotatable bonds is 11. The van der Waals surface area contributed by atoms with Crippen LogP contribution in [-0.4, -0.2) is 117 Å². The zero-order valence-corrected chi connectivity index (χ0v) is 22.9. The number of carbonyl (C=O) groups is 2. The van der Waals surface area contributed by atoms with Gasteiger partial charge in [-0.3, -0.25) is 0 Å². The van der Waals surface area contributed by atoms with Gasteiger partial charge in [0, 0.05) is 12.2 Å². The molecule has 232 valence electrons. The van der Waals surface area contributed by atoms with E-state index in [1.807, 2.05) is 6.07 Å². The highest BCUT2D eigenvalue weighted by atomic mass is 16.8. The Balaban J connectivity index is 1.53. The Labute approximate surface area is 246 Å². The molecule has 2 aliphatic heterocycles. The molecule has 4 rings (SSSR count). The van der Waals surface area contributed by atoms with Crippen LogP contribution in [0.15, 0.2) is 72.8 Å². The Morgan fingerprint density at radius 1 is 0.767 bits per heavy atom. The Hall–Kier alpha value is -3.50. The van der Waals surface area contributed by atoms with Gasteiger partial charge in [0.25, 0.3) is 0 Å². The number of hydrogen-bond donors (Lipinski definition) is 6. The number of aliphatic hydroxyl groups is 6. The molecule has 0 aliphatic carbocycles. The van der Waals surface area contributed by atoms with Crippen LogP contribution in [0.1, 0.15) is 11.1 Å². The van der Waals surface area contributed by atoms with Crippen LogP contribution in [0.2, 0.25) is 0 Å². The van der Waals surface area contributed by atoms with Gasteiger partial charge in [-0.25, -0.2) is 9.59 Å². The highest BCUT2D eigenvalue weighted by Crippen LogP contribution is 2.38. The van der Waals surface area contributed by atoms with Crippen LogP contribution >= 0.6 is 0 Å². The fourth-order valence-corrected chi connectivity index (χ4v) is 4.59. The first kappa shape index (κ1) is 32.4. The first-order valence-electron chi connectivity index (χ1n) is 13.5. The van der Waals surface area contributed by atoms with Gasteiger partial charge in [0.1, 0.15) is 49.8 Å². The van der Waals surface area contributed by atoms with Crippen LogP contribution in [-0.2, 0) is 33.3 Å². The molecule has 0 unspecified atom stereocenters. The Morgan fingerprint density at radius 3 is 1.91 bits per heavy atom. The highest BCUT2D eigenvalue weighted by molar-refractivity contribution is 5.87. The molecule has 13 heteroatoms. The molecule has 0 aromatic heterocycles. The first-order valence-corrected chi connectivity index (χ1v) is 13.5. The number of aliphatic hydroxyl groups excluding tert-OH is 6. The van der Waals surface area contributed by atoms with Crippen molar-refractivity contribution >= 4 is 24.1 Å². The Kier molecular flexibility index (Phi) is 11.2. The maximum absolute atomic E-state index is 12.8. The molecule has 9 atom stereocenters. The SMILES string of the molecule is O=C(/C=C/c1ccccc1)OC[C@H]1O[C@@](CO)(O[C@H]2O[C@H](CO)[C@@H](O)[C@H](O)[C@H]2O)[C@@H](OC(=O)/C=C/c2ccccc2)[C@@H]1O. The van der Waals surface area contributed by atoms with Gasteiger partial charge in [-0.1, -0.05) is 60.7 Å². The van der Waals surface area contributed by atoms with Crippen LogP contribution in [0, 0.1) is 0 Å². The van der Waals surface area contributed by atoms with Crippen molar-refractivity contribution in [2.45, 2.75) is 54.8 Å². The quantitative estimate of drug-likeness (QED) is 0.137. The third kappa shape index (κ3) is 7.92. The lowest BCUT2D eigenvalue weighted by Gasteiger charge is -2.43. The van der Waals surface area contributed by atoms with Gasteiger partial charge in [-0.15, -0.1) is 0 Å². The van der Waals surface area contributed by atoms with Crippen molar-refractivity contribution in [2.24, 2.45) is 0 Å². The van der Waals surface area contributed by atoms with Crippen LogP contribution in [0.25, 0.3) is 12.2 Å². The second-order valence-corrected chi connectivity index (χ2v) is 9.91. The molecule has 2 fully saturated rings. The third-order valence-electron chi connectivity index (χ3n) is 6.92. The van der Waals surface area contributed by atoms with Crippen molar-refractivity contribution in [3.8, 4) is 0 Å². The average Bonchev–Trinajstić information content (AvgIpc) is 3.29. The molecule has 2 aliphatic rings. The smallest absolute Gasteiger partial charge is 0.331 e. The van der Waals surface area contributed by atoms with Gasteiger partial charge in [-0.2, -0.15) is 0 Å². The molecule has 0 spiro atoms. The summed E-state index contributed by atoms with van der Waals surface area (Å²) in [4.78, 5) is 25.1. The van der Waals surface area contributed by atoms with Crippen LogP contribution < -0.4 is 0 Å². The predicted octanol–water partition coefficient (Wildman–Crippen LogP) is -0.867. The molecule has 2 aromatic rings. The summed E-state index contributed by atoms with van der Waals surface area (Å²) in [6, 6.07) is 17.7. The summed E-state index contributed by atoms with van der Waals surface area (Å²) >= 11 is 0. The minimum atomic E-state index is -2.40. The normalized spacial score (nSPS) is 32.7. The number of carbonyl (C=O) groups excluding carboxylic acids is 2. The van der Waals surface area contributed by atoms with Crippen molar-refractivity contribution in [2.75, 3.05) is 19.8 Å². The summed E-state index contributed by atoms with van der Waals surface area (Å²) in [6.07, 6.45) is -8.34. The summed E-state index contributed by atoms with van der Waals surface area (Å²) in [7, 11) is 0. The molecule has 0 amide bonds. The summed E-state index contributed by atoms with van der Waals surface area (Å²) in [5.74, 6) is -4.15. The fourth-order valence-electron chi connectivity index (χ4n) is 4.59. The lowest BCUT2D eigenvalue weighted by Crippen LogP contribution is -2.63. The van der Waals surface area contributed by atoms with Gasteiger partial charge < -0.3 is 54.3 Å². The van der Waals surface area contributed by atoms with E-state index in [0.717, 1.165) is 17.7 Å². The van der Waals surface area contributed by atoms with Gasteiger partial charge in [-0.05, 0) is 23.3 Å². The third-order valence-corrected chi connectivity index (χ3v) is 6.92. The van der Waals surface area contributed by atoms with Crippen LogP contribution in [0.4, 0.5) is 0 Å². The molecule has 0 saturated carbocycles. The summed E-state index contributed by atoms with van der Waals surface area (Å²) in [5.41, 5.74) is 1.40. The largest absolute Gasteiger partial charge is 0.460 e. The maximum Gasteiger partial charge on any atom is 0.331 e. The zero-order valence-electron chi connectivity index (χ0n) is 22.9. The zero-order chi connectivity index (χ0) is 31.0. The first-order chi connectivity index (χ1) is 20.7. The molecule has 2 heterocycles. The van der Waals surface area contributed by atoms with E-state index in [1.54, 1.807) is 54.6 Å². The molecule has 6 N–H and O–H groups in total. The molecule has 2 aromatic carbocycles. The van der Waals surface area contributed by atoms with Crippen molar-refractivity contribution in [1.82, 2.24) is 0 Å². The molecular weight excluding hydrogens is 568 g/mol. The van der Waals surface area contributed by atoms with E-state index < -0.39 is 86.6 Å². The molecule has 2 saturated heterocycles. The topological polar surface area (TPSA) is 202 Å². The second-order valence-electron chi connectivity index (χ2n) is 9.91. The van der Waals surface area contributed by atoms with E-state index in [0.29, 0.717) is 5.56 Å². The van der Waals surface area contributed by atoms with E-state index in [1.165, 1.54) is 12.2 Å². The van der Waals surface area contributed by atoms with Crippen LogP contribution in [0.5, 0.6) is 0 Å². The van der Waals surface area contributed by atoms with E-state index in [9.17, 15) is 40.2 Å². The summed E-state index contributed by atoms with van der Waals surface area (Å²) < 4.78 is 27.5. The monoisotopic (exact) mass is 602 g/mol. The maximum atomic E-state index is 12.8. The molecule has 43 heavy (non-hydrogen) atoms.